The van der Waals surface area contributed by atoms with Crippen LogP contribution in [-0.4, -0.2) is 44.4 Å². The number of carbonyl (C=O) groups is 3. The van der Waals surface area contributed by atoms with Crippen molar-refractivity contribution in [1.29, 1.82) is 0 Å². The predicted molar refractivity (Wildman–Crippen MR) is 144 cm³/mol. The molecule has 1 aromatic heterocycles. The van der Waals surface area contributed by atoms with Crippen LogP contribution in [0.3, 0.4) is 0 Å². The summed E-state index contributed by atoms with van der Waals surface area (Å²) in [6.07, 6.45) is 3.28. The molecule has 8 heteroatoms. The average molecular weight is 501 g/mol. The molecule has 7 nitrogen and oxygen atoms in total. The number of nitrogens with zero attached hydrogens (tertiary/aromatic N) is 3. The summed E-state index contributed by atoms with van der Waals surface area (Å²) in [7, 11) is 0. The minimum absolute atomic E-state index is 0.0197. The molecule has 36 heavy (non-hydrogen) atoms. The first-order valence-corrected chi connectivity index (χ1v) is 12.8. The smallest absolute Gasteiger partial charge is 0.242 e. The van der Waals surface area contributed by atoms with Crippen LogP contribution in [0.25, 0.3) is 0 Å². The molecule has 1 N–H and O–H groups in total. The average Bonchev–Trinajstić information content (AvgIpc) is 3.17. The third-order valence-corrected chi connectivity index (χ3v) is 7.03. The Labute approximate surface area is 215 Å². The van der Waals surface area contributed by atoms with Gasteiger partial charge in [-0.15, -0.1) is 0 Å². The van der Waals surface area contributed by atoms with Crippen molar-refractivity contribution < 1.29 is 14.4 Å². The second-order valence-corrected chi connectivity index (χ2v) is 9.64. The molecule has 1 aliphatic heterocycles. The number of aromatic nitrogens is 1. The van der Waals surface area contributed by atoms with E-state index in [1.807, 2.05) is 42.5 Å². The largest absolute Gasteiger partial charge is 0.326 e. The van der Waals surface area contributed by atoms with Gasteiger partial charge in [-0.2, -0.15) is 0 Å². The molecule has 4 rings (SSSR count). The van der Waals surface area contributed by atoms with E-state index in [2.05, 4.69) is 17.2 Å². The number of ketones is 1. The number of thioether (sulfide) groups is 1. The fraction of sp³-hybridized carbons (Fsp3) is 0.250. The molecule has 1 saturated heterocycles. The number of rotatable bonds is 9. The second kappa shape index (κ2) is 11.8. The minimum Gasteiger partial charge on any atom is -0.326 e. The first kappa shape index (κ1) is 25.3. The zero-order valence-electron chi connectivity index (χ0n) is 20.3. The van der Waals surface area contributed by atoms with Crippen LogP contribution in [0.4, 0.5) is 11.4 Å². The lowest BCUT2D eigenvalue weighted by molar-refractivity contribution is -0.128. The third kappa shape index (κ3) is 6.46. The standard InChI is InChI=1S/C28H28N4O3S/c1-3-20-7-11-24(12-8-20)31-28-32(17-15-22-6-4-5-16-29-22)27(35)25(36-28)18-26(34)30-23-13-9-21(10-14-23)19(2)33/h4-14,16,25H,3,15,17-18H2,1-2H3,(H,30,34). The molecule has 1 fully saturated rings. The van der Waals surface area contributed by atoms with Crippen molar-refractivity contribution in [2.75, 3.05) is 11.9 Å². The highest BCUT2D eigenvalue weighted by molar-refractivity contribution is 8.15. The fourth-order valence-corrected chi connectivity index (χ4v) is 4.97. The predicted octanol–water partition coefficient (Wildman–Crippen LogP) is 5.05. The van der Waals surface area contributed by atoms with Gasteiger partial charge < -0.3 is 5.32 Å². The van der Waals surface area contributed by atoms with Crippen molar-refractivity contribution in [2.24, 2.45) is 4.99 Å². The van der Waals surface area contributed by atoms with Gasteiger partial charge in [-0.1, -0.05) is 36.9 Å². The molecule has 0 spiro atoms. The lowest BCUT2D eigenvalue weighted by Gasteiger charge is -2.16. The van der Waals surface area contributed by atoms with E-state index in [0.29, 0.717) is 29.4 Å². The highest BCUT2D eigenvalue weighted by Gasteiger charge is 2.39. The number of amides is 2. The number of hydrogen-bond donors (Lipinski definition) is 1. The van der Waals surface area contributed by atoms with E-state index >= 15 is 0 Å². The molecule has 2 amide bonds. The van der Waals surface area contributed by atoms with Crippen LogP contribution < -0.4 is 5.32 Å². The summed E-state index contributed by atoms with van der Waals surface area (Å²) in [4.78, 5) is 48.3. The van der Waals surface area contributed by atoms with E-state index in [9.17, 15) is 14.4 Å². The quantitative estimate of drug-likeness (QED) is 0.415. The molecule has 184 valence electrons. The fourth-order valence-electron chi connectivity index (χ4n) is 3.79. The Morgan fingerprint density at radius 1 is 1.06 bits per heavy atom. The maximum Gasteiger partial charge on any atom is 0.242 e. The van der Waals surface area contributed by atoms with E-state index in [1.54, 1.807) is 35.4 Å². The molecule has 0 aliphatic carbocycles. The van der Waals surface area contributed by atoms with Gasteiger partial charge in [-0.05, 0) is 67.4 Å². The summed E-state index contributed by atoms with van der Waals surface area (Å²) < 4.78 is 0. The maximum absolute atomic E-state index is 13.3. The highest BCUT2D eigenvalue weighted by atomic mass is 32.2. The van der Waals surface area contributed by atoms with Crippen LogP contribution in [0.15, 0.2) is 77.9 Å². The Kier molecular flexibility index (Phi) is 8.28. The van der Waals surface area contributed by atoms with Crippen LogP contribution in [0.1, 0.15) is 41.9 Å². The molecule has 0 saturated carbocycles. The van der Waals surface area contributed by atoms with Gasteiger partial charge >= 0.3 is 0 Å². The van der Waals surface area contributed by atoms with Crippen molar-refractivity contribution in [2.45, 2.75) is 38.4 Å². The second-order valence-electron chi connectivity index (χ2n) is 8.47. The van der Waals surface area contributed by atoms with E-state index in [1.165, 1.54) is 24.2 Å². The highest BCUT2D eigenvalue weighted by Crippen LogP contribution is 2.32. The van der Waals surface area contributed by atoms with Gasteiger partial charge in [0, 0.05) is 42.5 Å². The zero-order valence-corrected chi connectivity index (χ0v) is 21.1. The lowest BCUT2D eigenvalue weighted by Crippen LogP contribution is -2.35. The number of amidine groups is 1. The summed E-state index contributed by atoms with van der Waals surface area (Å²) in [5.41, 5.74) is 4.02. The van der Waals surface area contributed by atoms with Crippen LogP contribution in [0.2, 0.25) is 0 Å². The molecule has 0 bridgehead atoms. The molecule has 2 aromatic carbocycles. The summed E-state index contributed by atoms with van der Waals surface area (Å²) in [6, 6.07) is 20.4. The van der Waals surface area contributed by atoms with Crippen LogP contribution >= 0.6 is 11.8 Å². The first-order chi connectivity index (χ1) is 17.4. The van der Waals surface area contributed by atoms with Gasteiger partial charge in [0.2, 0.25) is 11.8 Å². The summed E-state index contributed by atoms with van der Waals surface area (Å²) in [6.45, 7) is 4.02. The molecule has 1 unspecified atom stereocenters. The van der Waals surface area contributed by atoms with Gasteiger partial charge in [0.15, 0.2) is 11.0 Å². The van der Waals surface area contributed by atoms with E-state index < -0.39 is 5.25 Å². The number of pyridine rings is 1. The van der Waals surface area contributed by atoms with Gasteiger partial charge in [0.05, 0.1) is 5.69 Å². The number of Topliss-reactive ketones (excluding diaryl/α,β-unsaturated/α-hetero) is 1. The number of hydrogen-bond acceptors (Lipinski definition) is 6. The molecular weight excluding hydrogens is 472 g/mol. The number of benzene rings is 2. The van der Waals surface area contributed by atoms with Gasteiger partial charge in [0.1, 0.15) is 5.25 Å². The summed E-state index contributed by atoms with van der Waals surface area (Å²) in [5, 5.41) is 2.84. The summed E-state index contributed by atoms with van der Waals surface area (Å²) >= 11 is 1.31. The van der Waals surface area contributed by atoms with E-state index in [4.69, 9.17) is 4.99 Å². The number of carbonyl (C=O) groups excluding carboxylic acids is 3. The number of nitrogens with one attached hydrogen (secondary N) is 1. The van der Waals surface area contributed by atoms with Gasteiger partial charge in [-0.3, -0.25) is 24.3 Å². The Balaban J connectivity index is 1.48. The monoisotopic (exact) mass is 500 g/mol. The van der Waals surface area contributed by atoms with Crippen LogP contribution in [0.5, 0.6) is 0 Å². The molecule has 1 aliphatic rings. The normalized spacial score (nSPS) is 16.4. The number of anilines is 1. The van der Waals surface area contributed by atoms with Crippen molar-refractivity contribution in [3.8, 4) is 0 Å². The van der Waals surface area contributed by atoms with Gasteiger partial charge in [0.25, 0.3) is 0 Å². The molecule has 1 atom stereocenters. The summed E-state index contributed by atoms with van der Waals surface area (Å²) in [5.74, 6) is -0.445. The Bertz CT molecular complexity index is 1260. The van der Waals surface area contributed by atoms with Gasteiger partial charge in [-0.25, -0.2) is 4.99 Å². The van der Waals surface area contributed by atoms with Crippen LogP contribution in [-0.2, 0) is 22.4 Å². The van der Waals surface area contributed by atoms with E-state index in [-0.39, 0.29) is 24.0 Å². The molecular formula is C28H28N4O3S. The van der Waals surface area contributed by atoms with Crippen molar-refractivity contribution in [1.82, 2.24) is 9.88 Å². The maximum atomic E-state index is 13.3. The third-order valence-electron chi connectivity index (χ3n) is 5.85. The first-order valence-electron chi connectivity index (χ1n) is 11.9. The molecule has 3 aromatic rings. The topological polar surface area (TPSA) is 91.7 Å². The molecule has 0 radical (unpaired) electrons. The van der Waals surface area contributed by atoms with Crippen LogP contribution in [0, 0.1) is 0 Å². The van der Waals surface area contributed by atoms with Crippen molar-refractivity contribution in [3.05, 3.63) is 89.7 Å². The zero-order chi connectivity index (χ0) is 25.5. The van der Waals surface area contributed by atoms with E-state index in [0.717, 1.165) is 17.8 Å². The van der Waals surface area contributed by atoms with Crippen molar-refractivity contribution >= 4 is 45.9 Å². The Morgan fingerprint density at radius 3 is 2.44 bits per heavy atom. The Morgan fingerprint density at radius 2 is 1.81 bits per heavy atom. The molecule has 2 heterocycles. The lowest BCUT2D eigenvalue weighted by atomic mass is 10.1. The SMILES string of the molecule is CCc1ccc(N=C2SC(CC(=O)Nc3ccc(C(C)=O)cc3)C(=O)N2CCc2ccccn2)cc1. The Hall–Kier alpha value is -3.78. The minimum atomic E-state index is -0.570. The number of aliphatic imine (C=N–C) groups is 1. The number of aryl methyl sites for hydroxylation is 1. The van der Waals surface area contributed by atoms with Crippen molar-refractivity contribution in [3.63, 3.8) is 0 Å².